The van der Waals surface area contributed by atoms with Crippen molar-refractivity contribution in [3.63, 3.8) is 0 Å². The number of amides is 1. The first kappa shape index (κ1) is 15.0. The van der Waals surface area contributed by atoms with Crippen molar-refractivity contribution in [3.8, 4) is 0 Å². The molecule has 1 aliphatic carbocycles. The summed E-state index contributed by atoms with van der Waals surface area (Å²) in [5.41, 5.74) is 1.20. The van der Waals surface area contributed by atoms with Gasteiger partial charge in [0.1, 0.15) is 0 Å². The minimum atomic E-state index is -3.41. The van der Waals surface area contributed by atoms with Gasteiger partial charge in [-0.1, -0.05) is 22.9 Å². The van der Waals surface area contributed by atoms with Crippen molar-refractivity contribution in [2.45, 2.75) is 44.2 Å². The van der Waals surface area contributed by atoms with Gasteiger partial charge in [0.25, 0.3) is 5.91 Å². The Morgan fingerprint density at radius 2 is 2.05 bits per heavy atom. The Morgan fingerprint density at radius 3 is 2.62 bits per heavy atom. The summed E-state index contributed by atoms with van der Waals surface area (Å²) >= 11 is 3.36. The molecule has 0 aromatic heterocycles. The highest BCUT2D eigenvalue weighted by Gasteiger charge is 2.40. The third-order valence-electron chi connectivity index (χ3n) is 4.47. The third kappa shape index (κ3) is 2.52. The van der Waals surface area contributed by atoms with Crippen LogP contribution >= 0.6 is 15.9 Å². The number of benzene rings is 1. The smallest absolute Gasteiger partial charge is 0.256 e. The fourth-order valence-electron chi connectivity index (χ4n) is 2.97. The normalized spacial score (nSPS) is 19.8. The molecule has 1 atom stereocenters. The molecule has 3 rings (SSSR count). The molecule has 0 saturated heterocycles. The highest BCUT2D eigenvalue weighted by molar-refractivity contribution is 9.10. The van der Waals surface area contributed by atoms with Crippen molar-refractivity contribution in [3.05, 3.63) is 27.7 Å². The number of fused-ring (bicyclic) bond motifs is 1. The second kappa shape index (κ2) is 5.09. The van der Waals surface area contributed by atoms with Crippen LogP contribution in [0.5, 0.6) is 0 Å². The summed E-state index contributed by atoms with van der Waals surface area (Å²) in [7, 11) is -3.41. The number of hydrogen-bond donors (Lipinski definition) is 0. The molecule has 1 amide bonds. The van der Waals surface area contributed by atoms with E-state index in [0.717, 1.165) is 18.4 Å². The van der Waals surface area contributed by atoms with Gasteiger partial charge in [0.2, 0.25) is 0 Å². The largest absolute Gasteiger partial charge is 0.331 e. The minimum absolute atomic E-state index is 0.00134. The molecule has 1 aromatic rings. The van der Waals surface area contributed by atoms with Crippen molar-refractivity contribution in [1.29, 1.82) is 0 Å². The van der Waals surface area contributed by atoms with E-state index < -0.39 is 9.84 Å². The summed E-state index contributed by atoms with van der Waals surface area (Å²) < 4.78 is 25.3. The van der Waals surface area contributed by atoms with Gasteiger partial charge < -0.3 is 4.90 Å². The van der Waals surface area contributed by atoms with Crippen LogP contribution in [-0.2, 0) is 16.4 Å². The van der Waals surface area contributed by atoms with Crippen LogP contribution in [0.15, 0.2) is 21.5 Å². The molecular formula is C15H18BrNO3S. The van der Waals surface area contributed by atoms with Crippen LogP contribution in [-0.4, -0.2) is 31.0 Å². The SMILES string of the molecule is CCS(=O)(=O)c1cc(Br)cc2c1C(=O)N(C(C)C1CC1)C2. The molecule has 4 nitrogen and oxygen atoms in total. The molecule has 21 heavy (non-hydrogen) atoms. The van der Waals surface area contributed by atoms with Crippen molar-refractivity contribution in [2.75, 3.05) is 5.75 Å². The molecule has 2 aliphatic rings. The fourth-order valence-corrected chi connectivity index (χ4v) is 4.77. The first-order chi connectivity index (χ1) is 9.85. The third-order valence-corrected chi connectivity index (χ3v) is 6.68. The van der Waals surface area contributed by atoms with Crippen molar-refractivity contribution < 1.29 is 13.2 Å². The molecule has 0 bridgehead atoms. The van der Waals surface area contributed by atoms with Gasteiger partial charge in [-0.25, -0.2) is 8.42 Å². The topological polar surface area (TPSA) is 54.5 Å². The molecule has 1 aromatic carbocycles. The number of halogens is 1. The summed E-state index contributed by atoms with van der Waals surface area (Å²) in [5, 5.41) is 0. The Bertz CT molecular complexity index is 710. The zero-order valence-corrected chi connectivity index (χ0v) is 14.5. The van der Waals surface area contributed by atoms with E-state index in [1.807, 2.05) is 11.0 Å². The van der Waals surface area contributed by atoms with E-state index in [1.54, 1.807) is 13.0 Å². The number of nitrogens with zero attached hydrogens (tertiary/aromatic N) is 1. The molecule has 6 heteroatoms. The number of sulfone groups is 1. The predicted octanol–water partition coefficient (Wildman–Crippen LogP) is 3.00. The first-order valence-corrected chi connectivity index (χ1v) is 9.66. The molecule has 1 saturated carbocycles. The molecule has 114 valence electrons. The highest BCUT2D eigenvalue weighted by atomic mass is 79.9. The summed E-state index contributed by atoms with van der Waals surface area (Å²) in [6.45, 7) is 4.18. The maximum Gasteiger partial charge on any atom is 0.256 e. The standard InChI is InChI=1S/C15H18BrNO3S/c1-3-21(19,20)13-7-12(16)6-11-8-17(15(18)14(11)13)9(2)10-4-5-10/h6-7,9-10H,3-5,8H2,1-2H3. The summed E-state index contributed by atoms with van der Waals surface area (Å²) in [6.07, 6.45) is 2.32. The lowest BCUT2D eigenvalue weighted by atomic mass is 10.1. The van der Waals surface area contributed by atoms with Gasteiger partial charge in [0.15, 0.2) is 9.84 Å². The van der Waals surface area contributed by atoms with E-state index >= 15 is 0 Å². The lowest BCUT2D eigenvalue weighted by molar-refractivity contribution is 0.0694. The second-order valence-corrected chi connectivity index (χ2v) is 9.01. The minimum Gasteiger partial charge on any atom is -0.331 e. The van der Waals surface area contributed by atoms with Crippen LogP contribution in [0.25, 0.3) is 0 Å². The zero-order chi connectivity index (χ0) is 15.4. The van der Waals surface area contributed by atoms with Gasteiger partial charge in [0.05, 0.1) is 16.2 Å². The Balaban J connectivity index is 2.08. The number of hydrogen-bond acceptors (Lipinski definition) is 3. The van der Waals surface area contributed by atoms with E-state index in [-0.39, 0.29) is 22.6 Å². The van der Waals surface area contributed by atoms with Gasteiger partial charge >= 0.3 is 0 Å². The van der Waals surface area contributed by atoms with Crippen LogP contribution in [0.1, 0.15) is 42.6 Å². The van der Waals surface area contributed by atoms with Crippen LogP contribution < -0.4 is 0 Å². The number of carbonyl (C=O) groups excluding carboxylic acids is 1. The average Bonchev–Trinajstić information content (AvgIpc) is 3.22. The Labute approximate surface area is 133 Å². The van der Waals surface area contributed by atoms with Crippen LogP contribution in [0.2, 0.25) is 0 Å². The maximum absolute atomic E-state index is 12.7. The summed E-state index contributed by atoms with van der Waals surface area (Å²) in [4.78, 5) is 14.7. The molecule has 1 heterocycles. The summed E-state index contributed by atoms with van der Waals surface area (Å²) in [5.74, 6) is 0.434. The van der Waals surface area contributed by atoms with E-state index in [0.29, 0.717) is 22.5 Å². The first-order valence-electron chi connectivity index (χ1n) is 7.21. The van der Waals surface area contributed by atoms with E-state index in [2.05, 4.69) is 22.9 Å². The highest BCUT2D eigenvalue weighted by Crippen LogP contribution is 2.40. The lowest BCUT2D eigenvalue weighted by Crippen LogP contribution is -2.35. The van der Waals surface area contributed by atoms with Crippen LogP contribution in [0.4, 0.5) is 0 Å². The number of carbonyl (C=O) groups is 1. The molecule has 0 N–H and O–H groups in total. The molecular weight excluding hydrogens is 354 g/mol. The van der Waals surface area contributed by atoms with E-state index in [9.17, 15) is 13.2 Å². The zero-order valence-electron chi connectivity index (χ0n) is 12.1. The quantitative estimate of drug-likeness (QED) is 0.817. The Morgan fingerprint density at radius 1 is 1.38 bits per heavy atom. The summed E-state index contributed by atoms with van der Waals surface area (Å²) in [6, 6.07) is 3.60. The number of rotatable bonds is 4. The molecule has 0 radical (unpaired) electrons. The molecule has 1 aliphatic heterocycles. The van der Waals surface area contributed by atoms with Crippen molar-refractivity contribution in [1.82, 2.24) is 4.90 Å². The molecule has 1 fully saturated rings. The maximum atomic E-state index is 12.7. The van der Waals surface area contributed by atoms with Crippen molar-refractivity contribution >= 4 is 31.7 Å². The van der Waals surface area contributed by atoms with Crippen LogP contribution in [0, 0.1) is 5.92 Å². The molecule has 1 unspecified atom stereocenters. The van der Waals surface area contributed by atoms with Gasteiger partial charge in [-0.15, -0.1) is 0 Å². The van der Waals surface area contributed by atoms with Gasteiger partial charge in [-0.05, 0) is 43.4 Å². The second-order valence-electron chi connectivity index (χ2n) is 5.85. The molecule has 0 spiro atoms. The van der Waals surface area contributed by atoms with Gasteiger partial charge in [-0.2, -0.15) is 0 Å². The fraction of sp³-hybridized carbons (Fsp3) is 0.533. The average molecular weight is 372 g/mol. The van der Waals surface area contributed by atoms with E-state index in [1.165, 1.54) is 0 Å². The predicted molar refractivity (Wildman–Crippen MR) is 83.9 cm³/mol. The van der Waals surface area contributed by atoms with Crippen molar-refractivity contribution in [2.24, 2.45) is 5.92 Å². The monoisotopic (exact) mass is 371 g/mol. The Hall–Kier alpha value is -0.880. The van der Waals surface area contributed by atoms with E-state index in [4.69, 9.17) is 0 Å². The lowest BCUT2D eigenvalue weighted by Gasteiger charge is -2.24. The van der Waals surface area contributed by atoms with Gasteiger partial charge in [0, 0.05) is 17.1 Å². The van der Waals surface area contributed by atoms with Gasteiger partial charge in [-0.3, -0.25) is 4.79 Å². The van der Waals surface area contributed by atoms with Crippen LogP contribution in [0.3, 0.4) is 0 Å². The Kier molecular flexibility index (Phi) is 3.64.